The molecule has 2 aromatic heterocycles. The van der Waals surface area contributed by atoms with Gasteiger partial charge in [0.1, 0.15) is 5.69 Å². The van der Waals surface area contributed by atoms with Crippen LogP contribution in [0.3, 0.4) is 0 Å². The average molecular weight is 282 g/mol. The molecule has 3 aromatic rings. The lowest BCUT2D eigenvalue weighted by Crippen LogP contribution is -2.14. The van der Waals surface area contributed by atoms with Gasteiger partial charge in [0.15, 0.2) is 11.6 Å². The highest BCUT2D eigenvalue weighted by Crippen LogP contribution is 2.28. The van der Waals surface area contributed by atoms with E-state index in [1.807, 2.05) is 66.8 Å². The fourth-order valence-electron chi connectivity index (χ4n) is 1.92. The zero-order valence-electron chi connectivity index (χ0n) is 11.3. The lowest BCUT2D eigenvalue weighted by Gasteiger charge is -2.15. The Morgan fingerprint density at radius 1 is 0.950 bits per heavy atom. The molecule has 20 heavy (non-hydrogen) atoms. The Morgan fingerprint density at radius 2 is 1.75 bits per heavy atom. The van der Waals surface area contributed by atoms with Gasteiger partial charge in [0.05, 0.1) is 4.88 Å². The summed E-state index contributed by atoms with van der Waals surface area (Å²) in [5.74, 6) is 1.50. The highest BCUT2D eigenvalue weighted by molar-refractivity contribution is 7.13. The van der Waals surface area contributed by atoms with Crippen molar-refractivity contribution in [3.8, 4) is 22.0 Å². The average Bonchev–Trinajstić information content (AvgIpc) is 3.02. The predicted molar refractivity (Wildman–Crippen MR) is 82.9 cm³/mol. The van der Waals surface area contributed by atoms with Gasteiger partial charge in [-0.3, -0.25) is 0 Å². The summed E-state index contributed by atoms with van der Waals surface area (Å²) in [6.45, 7) is 0. The third-order valence-electron chi connectivity index (χ3n) is 2.88. The second kappa shape index (κ2) is 5.38. The van der Waals surface area contributed by atoms with Crippen molar-refractivity contribution in [1.82, 2.24) is 15.2 Å². The number of rotatable bonds is 3. The van der Waals surface area contributed by atoms with Crippen molar-refractivity contribution in [2.75, 3.05) is 19.0 Å². The highest BCUT2D eigenvalue weighted by atomic mass is 32.1. The molecule has 100 valence electrons. The van der Waals surface area contributed by atoms with Crippen LogP contribution in [0, 0.1) is 0 Å². The van der Waals surface area contributed by atoms with E-state index < -0.39 is 0 Å². The zero-order valence-corrected chi connectivity index (χ0v) is 12.1. The van der Waals surface area contributed by atoms with E-state index in [4.69, 9.17) is 0 Å². The normalized spacial score (nSPS) is 10.5. The first-order chi connectivity index (χ1) is 9.75. The summed E-state index contributed by atoms with van der Waals surface area (Å²) in [6.07, 6.45) is 0. The van der Waals surface area contributed by atoms with Gasteiger partial charge in [0.25, 0.3) is 0 Å². The molecule has 0 spiro atoms. The van der Waals surface area contributed by atoms with Gasteiger partial charge in [-0.15, -0.1) is 21.5 Å². The van der Waals surface area contributed by atoms with E-state index in [2.05, 4.69) is 15.2 Å². The number of thiophene rings is 1. The van der Waals surface area contributed by atoms with Crippen LogP contribution in [0.2, 0.25) is 0 Å². The molecule has 0 radical (unpaired) electrons. The summed E-state index contributed by atoms with van der Waals surface area (Å²) in [4.78, 5) is 7.65. The zero-order chi connectivity index (χ0) is 13.9. The monoisotopic (exact) mass is 282 g/mol. The predicted octanol–water partition coefficient (Wildman–Crippen LogP) is 3.33. The van der Waals surface area contributed by atoms with E-state index in [1.165, 1.54) is 0 Å². The summed E-state index contributed by atoms with van der Waals surface area (Å²) in [6, 6.07) is 14.0. The maximum atomic E-state index is 4.65. The molecule has 3 rings (SSSR count). The summed E-state index contributed by atoms with van der Waals surface area (Å²) in [5, 5.41) is 10.7. The van der Waals surface area contributed by atoms with Crippen molar-refractivity contribution < 1.29 is 0 Å². The Labute approximate surface area is 121 Å². The number of aromatic nitrogens is 3. The van der Waals surface area contributed by atoms with Crippen LogP contribution in [0.1, 0.15) is 0 Å². The molecule has 0 amide bonds. The molecule has 5 heteroatoms. The van der Waals surface area contributed by atoms with E-state index in [0.717, 1.165) is 22.0 Å². The molecule has 0 unspecified atom stereocenters. The van der Waals surface area contributed by atoms with Crippen LogP contribution in [0.5, 0.6) is 0 Å². The molecular weight excluding hydrogens is 268 g/mol. The van der Waals surface area contributed by atoms with Crippen molar-refractivity contribution in [1.29, 1.82) is 0 Å². The molecule has 2 heterocycles. The Morgan fingerprint density at radius 3 is 2.40 bits per heavy atom. The lowest BCUT2D eigenvalue weighted by molar-refractivity contribution is 0.953. The minimum atomic E-state index is 0.670. The third-order valence-corrected chi connectivity index (χ3v) is 3.75. The molecule has 0 aliphatic carbocycles. The van der Waals surface area contributed by atoms with Crippen molar-refractivity contribution in [2.45, 2.75) is 0 Å². The van der Waals surface area contributed by atoms with Crippen LogP contribution in [0.15, 0.2) is 47.8 Å². The van der Waals surface area contributed by atoms with Gasteiger partial charge in [0, 0.05) is 19.7 Å². The molecular formula is C15H14N4S. The van der Waals surface area contributed by atoms with Crippen LogP contribution in [-0.2, 0) is 0 Å². The van der Waals surface area contributed by atoms with Gasteiger partial charge in [-0.05, 0) is 11.4 Å². The van der Waals surface area contributed by atoms with Gasteiger partial charge in [-0.25, -0.2) is 4.98 Å². The van der Waals surface area contributed by atoms with Gasteiger partial charge >= 0.3 is 0 Å². The molecule has 0 N–H and O–H groups in total. The van der Waals surface area contributed by atoms with Crippen LogP contribution < -0.4 is 4.90 Å². The van der Waals surface area contributed by atoms with Gasteiger partial charge in [-0.2, -0.15) is 0 Å². The number of anilines is 1. The maximum Gasteiger partial charge on any atom is 0.193 e. The van der Waals surface area contributed by atoms with E-state index in [1.54, 1.807) is 11.3 Å². The van der Waals surface area contributed by atoms with Crippen LogP contribution in [-0.4, -0.2) is 29.3 Å². The minimum Gasteiger partial charge on any atom is -0.361 e. The van der Waals surface area contributed by atoms with E-state index >= 15 is 0 Å². The fourth-order valence-corrected chi connectivity index (χ4v) is 2.58. The molecule has 0 atom stereocenters. The molecule has 0 aliphatic heterocycles. The van der Waals surface area contributed by atoms with Gasteiger partial charge in [-0.1, -0.05) is 36.4 Å². The van der Waals surface area contributed by atoms with Crippen LogP contribution in [0.4, 0.5) is 5.82 Å². The third kappa shape index (κ3) is 2.40. The molecule has 1 aromatic carbocycles. The number of hydrogen-bond donors (Lipinski definition) is 0. The summed E-state index contributed by atoms with van der Waals surface area (Å²) in [5.41, 5.74) is 1.82. The van der Waals surface area contributed by atoms with Gasteiger partial charge < -0.3 is 4.90 Å². The minimum absolute atomic E-state index is 0.670. The maximum absolute atomic E-state index is 4.65. The first-order valence-corrected chi connectivity index (χ1v) is 7.15. The smallest absolute Gasteiger partial charge is 0.193 e. The van der Waals surface area contributed by atoms with E-state index in [0.29, 0.717) is 5.82 Å². The van der Waals surface area contributed by atoms with E-state index in [-0.39, 0.29) is 0 Å². The Hall–Kier alpha value is -2.27. The molecule has 0 bridgehead atoms. The van der Waals surface area contributed by atoms with Crippen molar-refractivity contribution >= 4 is 17.2 Å². The van der Waals surface area contributed by atoms with Crippen molar-refractivity contribution in [3.05, 3.63) is 47.8 Å². The number of nitrogens with zero attached hydrogens (tertiary/aromatic N) is 4. The Bertz CT molecular complexity index is 693. The van der Waals surface area contributed by atoms with Crippen LogP contribution in [0.25, 0.3) is 22.0 Å². The molecule has 0 saturated carbocycles. The molecule has 4 nitrogen and oxygen atoms in total. The quantitative estimate of drug-likeness (QED) is 0.739. The SMILES string of the molecule is CN(C)c1nc(-c2cccs2)nnc1-c1ccccc1. The number of hydrogen-bond acceptors (Lipinski definition) is 5. The lowest BCUT2D eigenvalue weighted by atomic mass is 10.1. The summed E-state index contributed by atoms with van der Waals surface area (Å²) < 4.78 is 0. The highest BCUT2D eigenvalue weighted by Gasteiger charge is 2.14. The number of benzene rings is 1. The fraction of sp³-hybridized carbons (Fsp3) is 0.133. The molecule has 0 fully saturated rings. The second-order valence-electron chi connectivity index (χ2n) is 4.55. The van der Waals surface area contributed by atoms with Gasteiger partial charge in [0.2, 0.25) is 0 Å². The topological polar surface area (TPSA) is 41.9 Å². The molecule has 0 saturated heterocycles. The van der Waals surface area contributed by atoms with Crippen LogP contribution >= 0.6 is 11.3 Å². The van der Waals surface area contributed by atoms with Crippen molar-refractivity contribution in [3.63, 3.8) is 0 Å². The standard InChI is InChI=1S/C15H14N4S/c1-19(2)15-13(11-7-4-3-5-8-11)17-18-14(16-15)12-9-6-10-20-12/h3-10H,1-2H3. The summed E-state index contributed by atoms with van der Waals surface area (Å²) in [7, 11) is 3.93. The second-order valence-corrected chi connectivity index (χ2v) is 5.49. The van der Waals surface area contributed by atoms with E-state index in [9.17, 15) is 0 Å². The largest absolute Gasteiger partial charge is 0.361 e. The van der Waals surface area contributed by atoms with Crippen molar-refractivity contribution in [2.24, 2.45) is 0 Å². The first-order valence-electron chi connectivity index (χ1n) is 6.27. The molecule has 0 aliphatic rings. The summed E-state index contributed by atoms with van der Waals surface area (Å²) >= 11 is 1.61. The first kappa shape index (κ1) is 12.7. The Balaban J connectivity index is 2.12. The Kier molecular flexibility index (Phi) is 3.43.